The van der Waals surface area contributed by atoms with Crippen molar-refractivity contribution in [1.82, 2.24) is 5.43 Å². The molecule has 3 aliphatic rings. The molecule has 4 aromatic rings. The molecule has 3 aliphatic heterocycles. The van der Waals surface area contributed by atoms with Gasteiger partial charge in [-0.15, -0.1) is 0 Å². The second-order valence-corrected chi connectivity index (χ2v) is 18.1. The molecule has 4 aromatic carbocycles. The van der Waals surface area contributed by atoms with Crippen molar-refractivity contribution in [3.63, 3.8) is 0 Å². The summed E-state index contributed by atoms with van der Waals surface area (Å²) in [5.41, 5.74) is 0.439. The monoisotopic (exact) mass is 963 g/mol. The summed E-state index contributed by atoms with van der Waals surface area (Å²) in [7, 11) is 1.41. The normalized spacial score (nSPS) is 27.3. The van der Waals surface area contributed by atoms with E-state index in [1.807, 2.05) is 0 Å². The van der Waals surface area contributed by atoms with Crippen molar-refractivity contribution in [2.75, 3.05) is 19.0 Å². The zero-order valence-electron chi connectivity index (χ0n) is 40.5. The molecule has 5 bridgehead atoms. The molecule has 0 aliphatic carbocycles. The Bertz CT molecular complexity index is 2710. The third kappa shape index (κ3) is 9.74. The van der Waals surface area contributed by atoms with Crippen LogP contribution in [0.2, 0.25) is 0 Å². The van der Waals surface area contributed by atoms with Crippen molar-refractivity contribution < 1.29 is 68.8 Å². The molecular weight excluding hydrogens is 903 g/mol. The van der Waals surface area contributed by atoms with Crippen LogP contribution in [0, 0.1) is 30.6 Å². The number of hydrogen-bond donors (Lipinski definition) is 8. The number of benzene rings is 4. The number of phenolic OH excluding ortho intramolecular Hbond substituents is 3. The molecule has 70 heavy (non-hydrogen) atoms. The Hall–Kier alpha value is -7.05. The number of fused-ring (bicyclic) bond motifs is 14. The lowest BCUT2D eigenvalue weighted by Gasteiger charge is -2.38. The molecule has 3 heterocycles. The molecule has 17 nitrogen and oxygen atoms in total. The molecule has 9 atom stereocenters. The number of hydrogen-bond acceptors (Lipinski definition) is 15. The zero-order chi connectivity index (χ0) is 51.4. The minimum atomic E-state index is -2.16. The summed E-state index contributed by atoms with van der Waals surface area (Å²) in [6.07, 6.45) is 4.00. The van der Waals surface area contributed by atoms with Crippen molar-refractivity contribution in [1.29, 1.82) is 0 Å². The lowest BCUT2D eigenvalue weighted by Crippen LogP contribution is -2.46. The van der Waals surface area contributed by atoms with Gasteiger partial charge in [-0.2, -0.15) is 5.10 Å². The minimum absolute atomic E-state index is 0.0348. The quantitative estimate of drug-likeness (QED) is 0.0322. The van der Waals surface area contributed by atoms with Crippen molar-refractivity contribution in [2.45, 2.75) is 91.0 Å². The molecule has 372 valence electrons. The average Bonchev–Trinajstić information content (AvgIpc) is 3.61. The zero-order valence-corrected chi connectivity index (χ0v) is 40.5. The average molecular weight is 964 g/mol. The highest BCUT2D eigenvalue weighted by Gasteiger charge is 2.50. The Kier molecular flexibility index (Phi) is 15.9. The Morgan fingerprint density at radius 1 is 0.871 bits per heavy atom. The summed E-state index contributed by atoms with van der Waals surface area (Å²) in [5.74, 6) is -10.3. The first-order chi connectivity index (χ1) is 33.2. The standard InChI is InChI=1S/C53H61N3O14/c1-27-17-16-18-28(2)50(65)55-41-36(25-54-56-51(66)53(26-57,34-19-12-10-13-20-34)35-21-14-11-15-22-35)45(62)38-39(46(41)63)44(61)32(6)48-40(38)49(64)52(8,70-48)68-24-23-37(67-9)29(3)47(69-33(7)58)31(5)43(60)30(4)42(27)59/h10-25,27,29-31,37,42-43,47,57,59-63H,26H2,1-9H3,(H,55,65)(H,56,66)/b17-16+,24-23+,28-18+,54-25-. The van der Waals surface area contributed by atoms with Crippen LogP contribution in [0.15, 0.2) is 102 Å². The van der Waals surface area contributed by atoms with Crippen LogP contribution in [-0.2, 0) is 34.0 Å². The van der Waals surface area contributed by atoms with E-state index in [0.29, 0.717) is 11.1 Å². The van der Waals surface area contributed by atoms with Crippen molar-refractivity contribution >= 4 is 46.2 Å². The largest absolute Gasteiger partial charge is 0.507 e. The molecule has 8 N–H and O–H groups in total. The number of carbonyl (C=O) groups is 4. The van der Waals surface area contributed by atoms with Crippen LogP contribution < -0.4 is 15.5 Å². The number of aromatic hydroxyl groups is 3. The van der Waals surface area contributed by atoms with Gasteiger partial charge in [0, 0.05) is 61.2 Å². The van der Waals surface area contributed by atoms with Gasteiger partial charge in [0.1, 0.15) is 28.8 Å². The smallest absolute Gasteiger partial charge is 0.312 e. The summed E-state index contributed by atoms with van der Waals surface area (Å²) in [4.78, 5) is 55.4. The first-order valence-electron chi connectivity index (χ1n) is 22.8. The number of aliphatic hydroxyl groups excluding tert-OH is 3. The Morgan fingerprint density at radius 2 is 1.49 bits per heavy atom. The van der Waals surface area contributed by atoms with Crippen LogP contribution in [0.25, 0.3) is 10.8 Å². The number of methoxy groups -OCH3 is 1. The Labute approximate surface area is 405 Å². The number of rotatable bonds is 8. The molecule has 17 heteroatoms. The van der Waals surface area contributed by atoms with Crippen molar-refractivity contribution in [3.05, 3.63) is 125 Å². The molecule has 7 rings (SSSR count). The number of amides is 2. The van der Waals surface area contributed by atoms with Crippen LogP contribution >= 0.6 is 0 Å². The van der Waals surface area contributed by atoms with Crippen LogP contribution in [0.1, 0.15) is 81.1 Å². The number of aliphatic hydroxyl groups is 3. The van der Waals surface area contributed by atoms with Gasteiger partial charge in [-0.3, -0.25) is 19.2 Å². The van der Waals surface area contributed by atoms with E-state index in [1.165, 1.54) is 53.0 Å². The molecule has 0 spiro atoms. The van der Waals surface area contributed by atoms with E-state index < -0.39 is 129 Å². The van der Waals surface area contributed by atoms with Crippen molar-refractivity contribution in [3.8, 4) is 23.0 Å². The van der Waals surface area contributed by atoms with Gasteiger partial charge in [0.15, 0.2) is 5.75 Å². The summed E-state index contributed by atoms with van der Waals surface area (Å²) < 4.78 is 23.6. The maximum atomic E-state index is 14.6. The van der Waals surface area contributed by atoms with E-state index in [0.717, 1.165) is 12.5 Å². The highest BCUT2D eigenvalue weighted by molar-refractivity contribution is 6.24. The fraction of sp³-hybridized carbons (Fsp3) is 0.377. The molecule has 0 aromatic heterocycles. The van der Waals surface area contributed by atoms with Gasteiger partial charge >= 0.3 is 11.8 Å². The van der Waals surface area contributed by atoms with E-state index in [9.17, 15) is 49.8 Å². The first-order valence-corrected chi connectivity index (χ1v) is 22.8. The van der Waals surface area contributed by atoms with E-state index in [2.05, 4.69) is 15.8 Å². The van der Waals surface area contributed by atoms with Gasteiger partial charge < -0.3 is 54.9 Å². The number of ether oxygens (including phenoxy) is 4. The van der Waals surface area contributed by atoms with Crippen LogP contribution in [0.5, 0.6) is 23.0 Å². The fourth-order valence-corrected chi connectivity index (χ4v) is 9.25. The number of allylic oxidation sites excluding steroid dienone is 2. The predicted octanol–water partition coefficient (Wildman–Crippen LogP) is 6.18. The summed E-state index contributed by atoms with van der Waals surface area (Å²) >= 11 is 0. The SMILES string of the molecule is COC1/C=C/OC2(C)Oc3c(C)c(O)c4c(O)c(c(/C=N\NC(=O)C(CO)(c5ccccc5)c5ccccc5)c(O)c4c3C2=O)NC(=O)/C(C)=C/C=C/C(C)C(O)C(C)C(O)C(C)C(OC(C)=O)C1C. The number of carbonyl (C=O) groups excluding carboxylic acids is 4. The van der Waals surface area contributed by atoms with Crippen LogP contribution in [0.4, 0.5) is 5.69 Å². The number of esters is 1. The van der Waals surface area contributed by atoms with Gasteiger partial charge in [0.05, 0.1) is 59.6 Å². The number of Topliss-reactive ketones (excluding diaryl/α,β-unsaturated/α-hetero) is 1. The lowest BCUT2D eigenvalue weighted by atomic mass is 9.74. The summed E-state index contributed by atoms with van der Waals surface area (Å²) in [6.45, 7) is 11.5. The highest BCUT2D eigenvalue weighted by Crippen LogP contribution is 2.55. The van der Waals surface area contributed by atoms with Crippen LogP contribution in [0.3, 0.4) is 0 Å². The maximum absolute atomic E-state index is 14.6. The summed E-state index contributed by atoms with van der Waals surface area (Å²) in [6, 6.07) is 17.0. The lowest BCUT2D eigenvalue weighted by molar-refractivity contribution is -0.160. The van der Waals surface area contributed by atoms with Crippen LogP contribution in [-0.4, -0.2) is 104 Å². The first kappa shape index (κ1) is 52.3. The second kappa shape index (κ2) is 21.3. The molecule has 0 radical (unpaired) electrons. The number of phenols is 3. The number of ketones is 1. The Morgan fingerprint density at radius 3 is 2.06 bits per heavy atom. The molecular formula is C53H61N3O14. The molecule has 9 unspecified atom stereocenters. The highest BCUT2D eigenvalue weighted by atomic mass is 16.7. The van der Waals surface area contributed by atoms with Gasteiger partial charge in [-0.25, -0.2) is 5.43 Å². The van der Waals surface area contributed by atoms with Crippen molar-refractivity contribution in [2.24, 2.45) is 28.8 Å². The van der Waals surface area contributed by atoms with E-state index >= 15 is 0 Å². The number of nitrogens with zero attached hydrogens (tertiary/aromatic N) is 1. The fourth-order valence-electron chi connectivity index (χ4n) is 9.25. The number of nitrogens with one attached hydrogen (secondary N) is 2. The predicted molar refractivity (Wildman–Crippen MR) is 260 cm³/mol. The molecule has 2 amide bonds. The summed E-state index contributed by atoms with van der Waals surface area (Å²) in [5, 5.41) is 76.0. The molecule has 0 saturated carbocycles. The third-order valence-electron chi connectivity index (χ3n) is 13.6. The van der Waals surface area contributed by atoms with E-state index in [4.69, 9.17) is 18.9 Å². The van der Waals surface area contributed by atoms with E-state index in [1.54, 1.807) is 94.4 Å². The number of anilines is 1. The maximum Gasteiger partial charge on any atom is 0.312 e. The minimum Gasteiger partial charge on any atom is -0.507 e. The second-order valence-electron chi connectivity index (χ2n) is 18.1. The van der Waals surface area contributed by atoms with Gasteiger partial charge in [-0.1, -0.05) is 107 Å². The van der Waals surface area contributed by atoms with Gasteiger partial charge in [0.25, 0.3) is 17.6 Å². The molecule has 0 saturated heterocycles. The molecule has 0 fully saturated rings. The van der Waals surface area contributed by atoms with Gasteiger partial charge in [0.2, 0.25) is 0 Å². The Balaban J connectivity index is 1.53. The van der Waals surface area contributed by atoms with Gasteiger partial charge in [-0.05, 0) is 31.1 Å². The third-order valence-corrected chi connectivity index (χ3v) is 13.6. The number of hydrazone groups is 1. The topological polar surface area (TPSA) is 263 Å². The van der Waals surface area contributed by atoms with E-state index in [-0.39, 0.29) is 22.4 Å².